The zero-order valence-electron chi connectivity index (χ0n) is 24.3. The molecule has 0 aliphatic carbocycles. The van der Waals surface area contributed by atoms with Crippen molar-refractivity contribution in [3.05, 3.63) is 102 Å². The number of hydrogen-bond acceptors (Lipinski definition) is 8. The van der Waals surface area contributed by atoms with Crippen LogP contribution in [0.25, 0.3) is 22.0 Å². The Kier molecular flexibility index (Phi) is 8.75. The summed E-state index contributed by atoms with van der Waals surface area (Å²) in [7, 11) is 5.78. The Morgan fingerprint density at radius 1 is 0.795 bits per heavy atom. The van der Waals surface area contributed by atoms with Crippen molar-refractivity contribution in [1.29, 1.82) is 0 Å². The molecule has 44 heavy (non-hydrogen) atoms. The number of para-hydroxylation sites is 1. The predicted octanol–water partition coefficient (Wildman–Crippen LogP) is 5.99. The average Bonchev–Trinajstić information content (AvgIpc) is 3.46. The van der Waals surface area contributed by atoms with Crippen LogP contribution in [-0.4, -0.2) is 51.5 Å². The molecule has 0 fully saturated rings. The highest BCUT2D eigenvalue weighted by molar-refractivity contribution is 6.10. The number of hydrazone groups is 1. The van der Waals surface area contributed by atoms with Gasteiger partial charge in [-0.25, -0.2) is 14.6 Å². The third kappa shape index (κ3) is 5.88. The first-order chi connectivity index (χ1) is 21.4. The number of ether oxygens (including phenoxy) is 5. The molecule has 0 aliphatic heterocycles. The third-order valence-corrected chi connectivity index (χ3v) is 6.74. The molecule has 5 rings (SSSR count). The van der Waals surface area contributed by atoms with Crippen LogP contribution in [0.15, 0.2) is 84.0 Å². The van der Waals surface area contributed by atoms with Gasteiger partial charge in [0, 0.05) is 10.9 Å². The Hall–Kier alpha value is -5.84. The van der Waals surface area contributed by atoms with Crippen molar-refractivity contribution >= 4 is 29.0 Å². The number of nitrogens with one attached hydrogen (secondary N) is 2. The van der Waals surface area contributed by atoms with Gasteiger partial charge in [-0.3, -0.25) is 4.79 Å². The van der Waals surface area contributed by atoms with Gasteiger partial charge in [-0.1, -0.05) is 42.5 Å². The molecule has 0 bridgehead atoms. The molecule has 0 saturated heterocycles. The number of benzene rings is 4. The van der Waals surface area contributed by atoms with Crippen molar-refractivity contribution in [3.63, 3.8) is 0 Å². The van der Waals surface area contributed by atoms with E-state index in [-0.39, 0.29) is 28.3 Å². The maximum atomic E-state index is 14.6. The molecular formula is C33H28FN3O7. The zero-order chi connectivity index (χ0) is 31.2. The van der Waals surface area contributed by atoms with Gasteiger partial charge in [0.05, 0.1) is 45.7 Å². The highest BCUT2D eigenvalue weighted by Gasteiger charge is 2.22. The molecule has 2 N–H and O–H groups in total. The van der Waals surface area contributed by atoms with E-state index in [4.69, 9.17) is 23.7 Å². The third-order valence-electron chi connectivity index (χ3n) is 6.74. The van der Waals surface area contributed by atoms with E-state index >= 15 is 0 Å². The molecule has 1 heterocycles. The number of aromatic amines is 1. The van der Waals surface area contributed by atoms with Gasteiger partial charge < -0.3 is 28.7 Å². The van der Waals surface area contributed by atoms with E-state index < -0.39 is 17.7 Å². The van der Waals surface area contributed by atoms with Gasteiger partial charge >= 0.3 is 5.97 Å². The smallest absolute Gasteiger partial charge is 0.343 e. The number of carbonyl (C=O) groups excluding carboxylic acids is 2. The lowest BCUT2D eigenvalue weighted by molar-refractivity contribution is 0.0728. The molecule has 11 heteroatoms. The fourth-order valence-corrected chi connectivity index (χ4v) is 4.68. The molecule has 224 valence electrons. The zero-order valence-corrected chi connectivity index (χ0v) is 24.3. The molecule has 0 saturated carbocycles. The molecule has 0 radical (unpaired) electrons. The summed E-state index contributed by atoms with van der Waals surface area (Å²) >= 11 is 0. The molecule has 0 unspecified atom stereocenters. The van der Waals surface area contributed by atoms with Crippen LogP contribution in [0.5, 0.6) is 28.7 Å². The maximum Gasteiger partial charge on any atom is 0.343 e. The van der Waals surface area contributed by atoms with Crippen LogP contribution in [0, 0.1) is 5.82 Å². The summed E-state index contributed by atoms with van der Waals surface area (Å²) in [5.41, 5.74) is 4.91. The number of methoxy groups -OCH3 is 4. The number of esters is 1. The van der Waals surface area contributed by atoms with Crippen LogP contribution >= 0.6 is 0 Å². The number of hydrogen-bond donors (Lipinski definition) is 2. The number of nitrogens with zero attached hydrogens (tertiary/aromatic N) is 1. The van der Waals surface area contributed by atoms with Crippen molar-refractivity contribution in [2.45, 2.75) is 0 Å². The van der Waals surface area contributed by atoms with Gasteiger partial charge in [0.2, 0.25) is 5.75 Å². The van der Waals surface area contributed by atoms with E-state index in [2.05, 4.69) is 15.5 Å². The standard InChI is InChI=1S/C33H28FN3O7/c1-40-25-15-19(13-14-24(25)44-33(39)21-16-26(41-2)31(43-4)27(17-21)42-3)18-35-37-32(38)30-28(20-9-6-5-7-10-20)22-11-8-12-23(34)29(22)36-30/h5-18,36H,1-4H3,(H,37,38). The fraction of sp³-hybridized carbons (Fsp3) is 0.121. The first-order valence-electron chi connectivity index (χ1n) is 13.3. The van der Waals surface area contributed by atoms with Gasteiger partial charge in [-0.05, 0) is 47.5 Å². The topological polar surface area (TPSA) is 120 Å². The minimum atomic E-state index is -0.680. The molecule has 5 aromatic rings. The average molecular weight is 598 g/mol. The Morgan fingerprint density at radius 3 is 2.16 bits per heavy atom. The number of halogens is 1. The van der Waals surface area contributed by atoms with Crippen molar-refractivity contribution in [2.24, 2.45) is 5.10 Å². The van der Waals surface area contributed by atoms with Gasteiger partial charge in [0.25, 0.3) is 5.91 Å². The summed E-state index contributed by atoms with van der Waals surface area (Å²) in [5, 5.41) is 4.65. The summed E-state index contributed by atoms with van der Waals surface area (Å²) in [5.74, 6) is -0.369. The highest BCUT2D eigenvalue weighted by atomic mass is 19.1. The molecule has 1 amide bonds. The van der Waals surface area contributed by atoms with E-state index in [9.17, 15) is 14.0 Å². The molecule has 0 aliphatic rings. The minimum absolute atomic E-state index is 0.153. The number of amides is 1. The monoisotopic (exact) mass is 597 g/mol. The Balaban J connectivity index is 1.34. The summed E-state index contributed by atoms with van der Waals surface area (Å²) in [6.45, 7) is 0. The van der Waals surface area contributed by atoms with Crippen molar-refractivity contribution < 1.29 is 37.7 Å². The van der Waals surface area contributed by atoms with Gasteiger partial charge in [-0.2, -0.15) is 5.10 Å². The molecular weight excluding hydrogens is 569 g/mol. The lowest BCUT2D eigenvalue weighted by atomic mass is 10.0. The van der Waals surface area contributed by atoms with Gasteiger partial charge in [0.1, 0.15) is 11.5 Å². The molecule has 10 nitrogen and oxygen atoms in total. The Labute approximate surface area is 252 Å². The second-order valence-corrected chi connectivity index (χ2v) is 9.32. The normalized spacial score (nSPS) is 10.9. The minimum Gasteiger partial charge on any atom is -0.493 e. The second-order valence-electron chi connectivity index (χ2n) is 9.32. The lowest BCUT2D eigenvalue weighted by Gasteiger charge is -2.14. The fourth-order valence-electron chi connectivity index (χ4n) is 4.68. The van der Waals surface area contributed by atoms with Gasteiger partial charge in [0.15, 0.2) is 23.0 Å². The van der Waals surface area contributed by atoms with Crippen LogP contribution in [0.2, 0.25) is 0 Å². The maximum absolute atomic E-state index is 14.6. The van der Waals surface area contributed by atoms with Crippen LogP contribution < -0.4 is 29.1 Å². The summed E-state index contributed by atoms with van der Waals surface area (Å²) in [4.78, 5) is 29.1. The number of aromatic nitrogens is 1. The quantitative estimate of drug-likeness (QED) is 0.0878. The van der Waals surface area contributed by atoms with Crippen LogP contribution in [0.4, 0.5) is 4.39 Å². The van der Waals surface area contributed by atoms with Crippen LogP contribution in [-0.2, 0) is 0 Å². The van der Waals surface area contributed by atoms with E-state index in [1.807, 2.05) is 30.3 Å². The largest absolute Gasteiger partial charge is 0.493 e. The Bertz CT molecular complexity index is 1840. The summed E-state index contributed by atoms with van der Waals surface area (Å²) in [6.07, 6.45) is 1.40. The summed E-state index contributed by atoms with van der Waals surface area (Å²) in [6, 6.07) is 21.6. The van der Waals surface area contributed by atoms with E-state index in [0.717, 1.165) is 5.56 Å². The first kappa shape index (κ1) is 29.6. The number of fused-ring (bicyclic) bond motifs is 1. The molecule has 4 aromatic carbocycles. The van der Waals surface area contributed by atoms with Crippen LogP contribution in [0.1, 0.15) is 26.4 Å². The highest BCUT2D eigenvalue weighted by Crippen LogP contribution is 2.39. The molecule has 0 atom stereocenters. The number of carbonyl (C=O) groups is 2. The van der Waals surface area contributed by atoms with Crippen molar-refractivity contribution in [3.8, 4) is 39.9 Å². The van der Waals surface area contributed by atoms with E-state index in [1.165, 1.54) is 58.9 Å². The lowest BCUT2D eigenvalue weighted by Crippen LogP contribution is -2.19. The van der Waals surface area contributed by atoms with E-state index in [1.54, 1.807) is 24.3 Å². The molecule has 0 spiro atoms. The summed E-state index contributed by atoms with van der Waals surface area (Å²) < 4.78 is 41.5. The molecule has 1 aromatic heterocycles. The number of rotatable bonds is 10. The van der Waals surface area contributed by atoms with Crippen molar-refractivity contribution in [2.75, 3.05) is 28.4 Å². The predicted molar refractivity (Wildman–Crippen MR) is 163 cm³/mol. The number of H-pyrrole nitrogens is 1. The first-order valence-corrected chi connectivity index (χ1v) is 13.3. The van der Waals surface area contributed by atoms with Gasteiger partial charge in [-0.15, -0.1) is 0 Å². The van der Waals surface area contributed by atoms with Crippen LogP contribution in [0.3, 0.4) is 0 Å². The van der Waals surface area contributed by atoms with Crippen molar-refractivity contribution in [1.82, 2.24) is 10.4 Å². The Morgan fingerprint density at radius 2 is 1.50 bits per heavy atom. The second kappa shape index (κ2) is 13.0. The SMILES string of the molecule is COc1cc(C=NNC(=O)c2[nH]c3c(F)cccc3c2-c2ccccc2)ccc1OC(=O)c1cc(OC)c(OC)c(OC)c1. The van der Waals surface area contributed by atoms with E-state index in [0.29, 0.717) is 33.8 Å².